The molecule has 2 unspecified atom stereocenters. The van der Waals surface area contributed by atoms with Crippen molar-refractivity contribution >= 4 is 29.1 Å². The van der Waals surface area contributed by atoms with Crippen LogP contribution in [0.15, 0.2) is 6.20 Å². The van der Waals surface area contributed by atoms with E-state index in [0.29, 0.717) is 13.0 Å². The van der Waals surface area contributed by atoms with E-state index in [9.17, 15) is 20.0 Å². The highest BCUT2D eigenvalue weighted by Gasteiger charge is 2.37. The van der Waals surface area contributed by atoms with Crippen LogP contribution in [0.2, 0.25) is 5.28 Å². The molecule has 10 heteroatoms. The third-order valence-electron chi connectivity index (χ3n) is 3.47. The Kier molecular flexibility index (Phi) is 5.09. The fourth-order valence-electron chi connectivity index (χ4n) is 2.47. The maximum atomic E-state index is 11.5. The summed E-state index contributed by atoms with van der Waals surface area (Å²) in [5.41, 5.74) is -0.379. The van der Waals surface area contributed by atoms with Gasteiger partial charge in [0.25, 0.3) is 0 Å². The van der Waals surface area contributed by atoms with E-state index in [-0.39, 0.29) is 35.9 Å². The zero-order valence-electron chi connectivity index (χ0n) is 11.8. The van der Waals surface area contributed by atoms with E-state index in [1.807, 2.05) is 0 Å². The second-order valence-electron chi connectivity index (χ2n) is 4.79. The molecule has 0 amide bonds. The van der Waals surface area contributed by atoms with Gasteiger partial charge in [-0.25, -0.2) is 9.78 Å². The first-order chi connectivity index (χ1) is 10.5. The molecule has 1 saturated heterocycles. The molecule has 120 valence electrons. The van der Waals surface area contributed by atoms with Gasteiger partial charge in [-0.3, -0.25) is 10.1 Å². The Hall–Kier alpha value is -2.00. The van der Waals surface area contributed by atoms with Crippen LogP contribution in [0, 0.1) is 10.1 Å². The van der Waals surface area contributed by atoms with Gasteiger partial charge in [-0.15, -0.1) is 0 Å². The van der Waals surface area contributed by atoms with Gasteiger partial charge in [0.2, 0.25) is 11.1 Å². The highest BCUT2D eigenvalue weighted by Crippen LogP contribution is 2.32. The predicted octanol–water partition coefficient (Wildman–Crippen LogP) is 1.50. The van der Waals surface area contributed by atoms with E-state index < -0.39 is 16.9 Å². The lowest BCUT2D eigenvalue weighted by atomic mass is 10.1. The Labute approximate surface area is 131 Å². The quantitative estimate of drug-likeness (QED) is 0.473. The number of aromatic nitrogens is 2. The molecule has 1 aliphatic heterocycles. The van der Waals surface area contributed by atoms with E-state index in [4.69, 9.17) is 16.3 Å². The average Bonchev–Trinajstić information content (AvgIpc) is 2.97. The molecule has 1 aliphatic rings. The van der Waals surface area contributed by atoms with Crippen molar-refractivity contribution < 1.29 is 19.6 Å². The molecule has 0 aliphatic carbocycles. The smallest absolute Gasteiger partial charge is 0.329 e. The van der Waals surface area contributed by atoms with Crippen LogP contribution in [0.25, 0.3) is 0 Å². The monoisotopic (exact) mass is 330 g/mol. The highest BCUT2D eigenvalue weighted by atomic mass is 35.5. The Morgan fingerprint density at radius 1 is 1.73 bits per heavy atom. The van der Waals surface area contributed by atoms with Crippen LogP contribution in [0.5, 0.6) is 0 Å². The van der Waals surface area contributed by atoms with Crippen molar-refractivity contribution in [2.24, 2.45) is 0 Å². The number of nitro groups is 1. The van der Waals surface area contributed by atoms with Crippen LogP contribution in [0.3, 0.4) is 0 Å². The fraction of sp³-hybridized carbons (Fsp3) is 0.583. The number of anilines is 1. The molecule has 9 nitrogen and oxygen atoms in total. The third kappa shape index (κ3) is 3.25. The minimum absolute atomic E-state index is 0.0882. The summed E-state index contributed by atoms with van der Waals surface area (Å²) in [6.07, 6.45) is 1.80. The number of carboxylic acids is 1. The molecule has 1 N–H and O–H groups in total. The van der Waals surface area contributed by atoms with E-state index in [1.165, 1.54) is 4.90 Å². The molecule has 2 atom stereocenters. The first-order valence-corrected chi connectivity index (χ1v) is 7.09. The third-order valence-corrected chi connectivity index (χ3v) is 3.65. The van der Waals surface area contributed by atoms with E-state index in [0.717, 1.165) is 6.20 Å². The lowest BCUT2D eigenvalue weighted by Crippen LogP contribution is -2.48. The molecular formula is C12H15ClN4O5. The SMILES string of the molecule is CCC(C(=O)O)N(c1nc(Cl)ncc1[N+](=O)[O-])C1CCOC1. The van der Waals surface area contributed by atoms with Gasteiger partial charge < -0.3 is 14.7 Å². The summed E-state index contributed by atoms with van der Waals surface area (Å²) in [5.74, 6) is -1.17. The van der Waals surface area contributed by atoms with Crippen molar-refractivity contribution in [2.75, 3.05) is 18.1 Å². The summed E-state index contributed by atoms with van der Waals surface area (Å²) < 4.78 is 5.28. The standard InChI is InChI=1S/C12H15ClN4O5/c1-2-8(11(18)19)16(7-3-4-22-6-7)10-9(17(20)21)5-14-12(13)15-10/h5,7-8H,2-4,6H2,1H3,(H,18,19). The first-order valence-electron chi connectivity index (χ1n) is 6.71. The van der Waals surface area contributed by atoms with Gasteiger partial charge in [0.15, 0.2) is 0 Å². The summed E-state index contributed by atoms with van der Waals surface area (Å²) in [4.78, 5) is 31.0. The Balaban J connectivity index is 2.55. The molecule has 0 spiro atoms. The van der Waals surface area contributed by atoms with Gasteiger partial charge in [0.05, 0.1) is 17.6 Å². The van der Waals surface area contributed by atoms with Crippen LogP contribution in [-0.4, -0.2) is 51.3 Å². The highest BCUT2D eigenvalue weighted by molar-refractivity contribution is 6.28. The minimum atomic E-state index is -1.08. The van der Waals surface area contributed by atoms with Gasteiger partial charge in [0.1, 0.15) is 12.2 Å². The number of nitrogens with zero attached hydrogens (tertiary/aromatic N) is 4. The number of carboxylic acid groups (broad SMARTS) is 1. The summed E-state index contributed by atoms with van der Waals surface area (Å²) >= 11 is 5.75. The maximum absolute atomic E-state index is 11.5. The first kappa shape index (κ1) is 16.4. The Morgan fingerprint density at radius 3 is 2.95 bits per heavy atom. The zero-order chi connectivity index (χ0) is 16.3. The summed E-state index contributed by atoms with van der Waals surface area (Å²) in [5, 5.41) is 20.5. The minimum Gasteiger partial charge on any atom is -0.480 e. The van der Waals surface area contributed by atoms with E-state index in [1.54, 1.807) is 6.92 Å². The number of ether oxygens (including phenoxy) is 1. The van der Waals surface area contributed by atoms with Crippen molar-refractivity contribution in [3.63, 3.8) is 0 Å². The van der Waals surface area contributed by atoms with Crippen LogP contribution in [0.4, 0.5) is 11.5 Å². The van der Waals surface area contributed by atoms with Gasteiger partial charge in [-0.1, -0.05) is 6.92 Å². The van der Waals surface area contributed by atoms with Crippen molar-refractivity contribution in [3.8, 4) is 0 Å². The maximum Gasteiger partial charge on any atom is 0.329 e. The second-order valence-corrected chi connectivity index (χ2v) is 5.13. The Bertz CT molecular complexity index is 579. The number of hydrogen-bond donors (Lipinski definition) is 1. The molecule has 0 aromatic carbocycles. The number of hydrogen-bond acceptors (Lipinski definition) is 7. The molecule has 22 heavy (non-hydrogen) atoms. The largest absolute Gasteiger partial charge is 0.480 e. The number of carbonyl (C=O) groups is 1. The molecule has 1 aromatic rings. The topological polar surface area (TPSA) is 119 Å². The molecule has 0 radical (unpaired) electrons. The molecule has 1 fully saturated rings. The fourth-order valence-corrected chi connectivity index (χ4v) is 2.60. The predicted molar refractivity (Wildman–Crippen MR) is 77.1 cm³/mol. The van der Waals surface area contributed by atoms with Crippen molar-refractivity contribution in [1.29, 1.82) is 0 Å². The summed E-state index contributed by atoms with van der Waals surface area (Å²) in [6.45, 7) is 2.43. The molecular weight excluding hydrogens is 316 g/mol. The molecule has 2 heterocycles. The number of aliphatic carboxylic acids is 1. The molecule has 0 bridgehead atoms. The number of halogens is 1. The van der Waals surface area contributed by atoms with Crippen molar-refractivity contribution in [3.05, 3.63) is 21.6 Å². The van der Waals surface area contributed by atoms with Crippen LogP contribution >= 0.6 is 11.6 Å². The second kappa shape index (κ2) is 6.84. The summed E-state index contributed by atoms with van der Waals surface area (Å²) in [7, 11) is 0. The Morgan fingerprint density at radius 2 is 2.45 bits per heavy atom. The van der Waals surface area contributed by atoms with Gasteiger partial charge in [-0.2, -0.15) is 4.98 Å². The normalized spacial score (nSPS) is 18.9. The van der Waals surface area contributed by atoms with Gasteiger partial charge in [0, 0.05) is 6.61 Å². The number of rotatable bonds is 6. The van der Waals surface area contributed by atoms with E-state index in [2.05, 4.69) is 9.97 Å². The average molecular weight is 331 g/mol. The molecule has 0 saturated carbocycles. The zero-order valence-corrected chi connectivity index (χ0v) is 12.6. The lowest BCUT2D eigenvalue weighted by Gasteiger charge is -2.33. The van der Waals surface area contributed by atoms with Gasteiger partial charge >= 0.3 is 11.7 Å². The van der Waals surface area contributed by atoms with Crippen LogP contribution in [0.1, 0.15) is 19.8 Å². The van der Waals surface area contributed by atoms with Crippen molar-refractivity contribution in [1.82, 2.24) is 9.97 Å². The van der Waals surface area contributed by atoms with Crippen LogP contribution < -0.4 is 4.90 Å². The van der Waals surface area contributed by atoms with E-state index >= 15 is 0 Å². The lowest BCUT2D eigenvalue weighted by molar-refractivity contribution is -0.384. The van der Waals surface area contributed by atoms with Crippen LogP contribution in [-0.2, 0) is 9.53 Å². The summed E-state index contributed by atoms with van der Waals surface area (Å²) in [6, 6.07) is -1.28. The van der Waals surface area contributed by atoms with Crippen molar-refractivity contribution in [2.45, 2.75) is 31.8 Å². The molecule has 2 rings (SSSR count). The van der Waals surface area contributed by atoms with Gasteiger partial charge in [-0.05, 0) is 24.4 Å². The molecule has 1 aromatic heterocycles.